The first-order valence-corrected chi connectivity index (χ1v) is 9.25. The van der Waals surface area contributed by atoms with Crippen LogP contribution >= 0.6 is 0 Å². The lowest BCUT2D eigenvalue weighted by Gasteiger charge is -2.16. The molecule has 0 unspecified atom stereocenters. The number of nitrogens with two attached hydrogens (primary N) is 1. The molecule has 0 saturated carbocycles. The van der Waals surface area contributed by atoms with E-state index < -0.39 is 0 Å². The number of ketones is 1. The first kappa shape index (κ1) is 19.6. The minimum absolute atomic E-state index is 0.0430. The summed E-state index contributed by atoms with van der Waals surface area (Å²) in [5.41, 5.74) is 9.63. The third-order valence-corrected chi connectivity index (χ3v) is 4.64. The van der Waals surface area contributed by atoms with Crippen LogP contribution in [0.5, 0.6) is 17.2 Å². The van der Waals surface area contributed by atoms with E-state index in [1.54, 1.807) is 13.2 Å². The number of carbonyl (C=O) groups is 1. The number of fused-ring (bicyclic) bond motifs is 1. The van der Waals surface area contributed by atoms with Gasteiger partial charge in [0.25, 0.3) is 0 Å². The van der Waals surface area contributed by atoms with Gasteiger partial charge in [0, 0.05) is 30.8 Å². The molecule has 0 bridgehead atoms. The summed E-state index contributed by atoms with van der Waals surface area (Å²) in [5, 5.41) is 0. The number of nitrogens with zero attached hydrogens (tertiary/aromatic N) is 1. The molecule has 148 valence electrons. The van der Waals surface area contributed by atoms with E-state index in [1.807, 2.05) is 56.3 Å². The van der Waals surface area contributed by atoms with Crippen molar-refractivity contribution in [2.75, 3.05) is 38.6 Å². The van der Waals surface area contributed by atoms with Crippen molar-refractivity contribution < 1.29 is 19.0 Å². The Morgan fingerprint density at radius 2 is 2.04 bits per heavy atom. The Balaban J connectivity index is 2.00. The van der Waals surface area contributed by atoms with Gasteiger partial charge < -0.3 is 24.8 Å². The van der Waals surface area contributed by atoms with Crippen LogP contribution < -0.4 is 24.8 Å². The quantitative estimate of drug-likeness (QED) is 0.441. The molecule has 0 radical (unpaired) electrons. The van der Waals surface area contributed by atoms with E-state index in [9.17, 15) is 4.79 Å². The van der Waals surface area contributed by atoms with Gasteiger partial charge in [0.15, 0.2) is 17.3 Å². The minimum atomic E-state index is -0.0430. The van der Waals surface area contributed by atoms with Crippen LogP contribution in [0.1, 0.15) is 35.7 Å². The molecule has 6 nitrogen and oxygen atoms in total. The van der Waals surface area contributed by atoms with E-state index in [4.69, 9.17) is 19.9 Å². The predicted octanol–water partition coefficient (Wildman–Crippen LogP) is 4.14. The number of rotatable bonds is 7. The van der Waals surface area contributed by atoms with Crippen LogP contribution in [-0.4, -0.2) is 33.8 Å². The van der Waals surface area contributed by atoms with Crippen molar-refractivity contribution in [2.24, 2.45) is 0 Å². The van der Waals surface area contributed by atoms with Crippen LogP contribution in [0.3, 0.4) is 0 Å². The Hall–Kier alpha value is -3.15. The summed E-state index contributed by atoms with van der Waals surface area (Å²) in [5.74, 6) is 1.74. The smallest absolute Gasteiger partial charge is 0.231 e. The minimum Gasteiger partial charge on any atom is -0.492 e. The number of hydrogen-bond acceptors (Lipinski definition) is 6. The maximum atomic E-state index is 13.2. The molecular formula is C22H26N2O4. The predicted molar refractivity (Wildman–Crippen MR) is 112 cm³/mol. The topological polar surface area (TPSA) is 74.0 Å². The SMILES string of the molecule is CCCC(=Cc1ccc2c(c1OC)OCO2)C(=O)c1ccc(N(C)C)c(N)c1. The molecule has 3 rings (SSSR count). The second-order valence-electron chi connectivity index (χ2n) is 6.84. The Morgan fingerprint density at radius 1 is 1.25 bits per heavy atom. The number of benzene rings is 2. The number of nitrogen functional groups attached to an aromatic ring is 1. The molecule has 6 heteroatoms. The zero-order valence-corrected chi connectivity index (χ0v) is 16.7. The summed E-state index contributed by atoms with van der Waals surface area (Å²) >= 11 is 0. The highest BCUT2D eigenvalue weighted by molar-refractivity contribution is 6.12. The van der Waals surface area contributed by atoms with Crippen LogP contribution in [0.25, 0.3) is 6.08 Å². The van der Waals surface area contributed by atoms with Gasteiger partial charge in [0.05, 0.1) is 18.5 Å². The normalized spacial score (nSPS) is 12.8. The molecule has 2 N–H and O–H groups in total. The standard InChI is InChI=1S/C22H26N2O4/c1-5-6-14(20(25)15-7-9-18(24(2)3)17(23)12-15)11-16-8-10-19-22(21(16)26-4)28-13-27-19/h7-12H,5-6,13,23H2,1-4H3. The zero-order chi connectivity index (χ0) is 20.3. The molecule has 0 fully saturated rings. The molecular weight excluding hydrogens is 356 g/mol. The van der Waals surface area contributed by atoms with Gasteiger partial charge in [-0.3, -0.25) is 4.79 Å². The van der Waals surface area contributed by atoms with Crippen molar-refractivity contribution in [2.45, 2.75) is 19.8 Å². The molecule has 2 aromatic rings. The third-order valence-electron chi connectivity index (χ3n) is 4.64. The summed E-state index contributed by atoms with van der Waals surface area (Å²) in [4.78, 5) is 15.1. The molecule has 2 aromatic carbocycles. The van der Waals surface area contributed by atoms with Gasteiger partial charge in [0.1, 0.15) is 0 Å². The average molecular weight is 382 g/mol. The highest BCUT2D eigenvalue weighted by atomic mass is 16.7. The molecule has 0 amide bonds. The van der Waals surface area contributed by atoms with Crippen LogP contribution in [0.4, 0.5) is 11.4 Å². The molecule has 1 aliphatic rings. The second kappa shape index (κ2) is 8.25. The van der Waals surface area contributed by atoms with E-state index >= 15 is 0 Å². The molecule has 0 saturated heterocycles. The number of carbonyl (C=O) groups excluding carboxylic acids is 1. The van der Waals surface area contributed by atoms with Crippen molar-refractivity contribution in [1.29, 1.82) is 0 Å². The van der Waals surface area contributed by atoms with Crippen LogP contribution in [0, 0.1) is 0 Å². The van der Waals surface area contributed by atoms with E-state index in [0.29, 0.717) is 40.5 Å². The van der Waals surface area contributed by atoms with E-state index in [0.717, 1.165) is 17.7 Å². The highest BCUT2D eigenvalue weighted by Crippen LogP contribution is 2.44. The first-order chi connectivity index (χ1) is 13.5. The lowest BCUT2D eigenvalue weighted by atomic mass is 9.96. The summed E-state index contributed by atoms with van der Waals surface area (Å²) in [6.45, 7) is 2.21. The molecule has 1 aliphatic heterocycles. The maximum Gasteiger partial charge on any atom is 0.231 e. The first-order valence-electron chi connectivity index (χ1n) is 9.25. The monoisotopic (exact) mass is 382 g/mol. The van der Waals surface area contributed by atoms with Gasteiger partial charge >= 0.3 is 0 Å². The van der Waals surface area contributed by atoms with Gasteiger partial charge in [0.2, 0.25) is 12.5 Å². The Bertz CT molecular complexity index is 919. The summed E-state index contributed by atoms with van der Waals surface area (Å²) in [6, 6.07) is 9.12. The lowest BCUT2D eigenvalue weighted by molar-refractivity contribution is 0.103. The van der Waals surface area contributed by atoms with Crippen LogP contribution in [0.2, 0.25) is 0 Å². The molecule has 0 aliphatic carbocycles. The fraction of sp³-hybridized carbons (Fsp3) is 0.318. The molecule has 28 heavy (non-hydrogen) atoms. The van der Waals surface area contributed by atoms with Gasteiger partial charge in [-0.15, -0.1) is 0 Å². The number of ether oxygens (including phenoxy) is 3. The second-order valence-corrected chi connectivity index (χ2v) is 6.84. The number of Topliss-reactive ketones (excluding diaryl/α,β-unsaturated/α-hetero) is 1. The highest BCUT2D eigenvalue weighted by Gasteiger charge is 2.22. The average Bonchev–Trinajstić information content (AvgIpc) is 3.15. The van der Waals surface area contributed by atoms with Crippen molar-refractivity contribution >= 4 is 23.2 Å². The van der Waals surface area contributed by atoms with Crippen molar-refractivity contribution in [1.82, 2.24) is 0 Å². The van der Waals surface area contributed by atoms with Crippen molar-refractivity contribution in [3.63, 3.8) is 0 Å². The van der Waals surface area contributed by atoms with Crippen molar-refractivity contribution in [3.05, 3.63) is 47.0 Å². The number of methoxy groups -OCH3 is 1. The van der Waals surface area contributed by atoms with Crippen LogP contribution in [0.15, 0.2) is 35.9 Å². The Kier molecular flexibility index (Phi) is 5.78. The van der Waals surface area contributed by atoms with E-state index in [1.165, 1.54) is 0 Å². The van der Waals surface area contributed by atoms with Gasteiger partial charge in [-0.05, 0) is 42.8 Å². The Labute approximate surface area is 165 Å². The van der Waals surface area contributed by atoms with Gasteiger partial charge in [-0.25, -0.2) is 0 Å². The molecule has 0 spiro atoms. The fourth-order valence-corrected chi connectivity index (χ4v) is 3.28. The molecule has 0 atom stereocenters. The summed E-state index contributed by atoms with van der Waals surface area (Å²) in [7, 11) is 5.42. The van der Waals surface area contributed by atoms with E-state index in [2.05, 4.69) is 0 Å². The molecule has 1 heterocycles. The fourth-order valence-electron chi connectivity index (χ4n) is 3.28. The number of hydrogen-bond donors (Lipinski definition) is 1. The van der Waals surface area contributed by atoms with E-state index in [-0.39, 0.29) is 12.6 Å². The molecule has 0 aromatic heterocycles. The number of allylic oxidation sites excluding steroid dienone is 1. The van der Waals surface area contributed by atoms with Crippen molar-refractivity contribution in [3.8, 4) is 17.2 Å². The van der Waals surface area contributed by atoms with Gasteiger partial charge in [-0.2, -0.15) is 0 Å². The summed E-state index contributed by atoms with van der Waals surface area (Å²) < 4.78 is 16.4. The third kappa shape index (κ3) is 3.76. The zero-order valence-electron chi connectivity index (χ0n) is 16.7. The largest absolute Gasteiger partial charge is 0.492 e. The summed E-state index contributed by atoms with van der Waals surface area (Å²) in [6.07, 6.45) is 3.35. The maximum absolute atomic E-state index is 13.2. The van der Waals surface area contributed by atoms with Gasteiger partial charge in [-0.1, -0.05) is 13.3 Å². The number of anilines is 2. The lowest BCUT2D eigenvalue weighted by Crippen LogP contribution is -2.12. The van der Waals surface area contributed by atoms with Crippen LogP contribution in [-0.2, 0) is 0 Å². The Morgan fingerprint density at radius 3 is 2.68 bits per heavy atom.